The van der Waals surface area contributed by atoms with Crippen molar-refractivity contribution in [1.29, 1.82) is 0 Å². The Kier molecular flexibility index (Phi) is 3.08. The Morgan fingerprint density at radius 2 is 1.78 bits per heavy atom. The largest absolute Gasteiger partial charge is 0.352 e. The molecule has 0 bridgehead atoms. The highest BCUT2D eigenvalue weighted by Gasteiger charge is 2.56. The van der Waals surface area contributed by atoms with Crippen LogP contribution in [-0.4, -0.2) is 5.91 Å². The fraction of sp³-hybridized carbons (Fsp3) is 0.533. The minimum atomic E-state index is 0.257. The van der Waals surface area contributed by atoms with Crippen LogP contribution in [-0.2, 0) is 17.9 Å². The SMILES string of the molecule is NCc1ccc(CNC(=O)C2C3CCCC32)cc1. The summed E-state index contributed by atoms with van der Waals surface area (Å²) in [5.41, 5.74) is 7.82. The van der Waals surface area contributed by atoms with Gasteiger partial charge in [-0.2, -0.15) is 0 Å². The summed E-state index contributed by atoms with van der Waals surface area (Å²) in [6.45, 7) is 1.21. The molecule has 2 aliphatic rings. The molecule has 0 aliphatic heterocycles. The molecular formula is C15H20N2O. The second kappa shape index (κ2) is 4.73. The average molecular weight is 244 g/mol. The molecule has 3 rings (SSSR count). The monoisotopic (exact) mass is 244 g/mol. The van der Waals surface area contributed by atoms with Crippen molar-refractivity contribution in [2.75, 3.05) is 0 Å². The lowest BCUT2D eigenvalue weighted by atomic mass is 10.1. The number of hydrogen-bond donors (Lipinski definition) is 2. The van der Waals surface area contributed by atoms with Crippen molar-refractivity contribution in [3.63, 3.8) is 0 Å². The first-order valence-corrected chi connectivity index (χ1v) is 6.85. The fourth-order valence-electron chi connectivity index (χ4n) is 3.31. The summed E-state index contributed by atoms with van der Waals surface area (Å²) in [6.07, 6.45) is 3.83. The molecule has 0 saturated heterocycles. The van der Waals surface area contributed by atoms with Gasteiger partial charge in [-0.05, 0) is 35.8 Å². The maximum atomic E-state index is 12.0. The summed E-state index contributed by atoms with van der Waals surface area (Å²) in [6, 6.07) is 8.12. The van der Waals surface area contributed by atoms with E-state index in [4.69, 9.17) is 5.73 Å². The molecule has 0 aromatic heterocycles. The maximum absolute atomic E-state index is 12.0. The van der Waals surface area contributed by atoms with E-state index in [1.54, 1.807) is 0 Å². The van der Waals surface area contributed by atoms with Gasteiger partial charge < -0.3 is 11.1 Å². The van der Waals surface area contributed by atoms with Crippen LogP contribution in [0.5, 0.6) is 0 Å². The quantitative estimate of drug-likeness (QED) is 0.848. The molecule has 3 nitrogen and oxygen atoms in total. The molecule has 2 saturated carbocycles. The Morgan fingerprint density at radius 1 is 1.17 bits per heavy atom. The second-order valence-electron chi connectivity index (χ2n) is 5.52. The first-order valence-electron chi connectivity index (χ1n) is 6.85. The van der Waals surface area contributed by atoms with Crippen LogP contribution in [0.2, 0.25) is 0 Å². The number of nitrogens with two attached hydrogens (primary N) is 1. The minimum absolute atomic E-state index is 0.257. The first-order chi connectivity index (χ1) is 8.79. The number of amides is 1. The lowest BCUT2D eigenvalue weighted by Gasteiger charge is -2.07. The third-order valence-electron chi connectivity index (χ3n) is 4.43. The zero-order valence-corrected chi connectivity index (χ0v) is 10.6. The molecule has 0 spiro atoms. The molecule has 2 aliphatic carbocycles. The van der Waals surface area contributed by atoms with E-state index < -0.39 is 0 Å². The van der Waals surface area contributed by atoms with Crippen LogP contribution in [0.25, 0.3) is 0 Å². The predicted octanol–water partition coefficient (Wildman–Crippen LogP) is 1.81. The van der Waals surface area contributed by atoms with Crippen molar-refractivity contribution in [3.05, 3.63) is 35.4 Å². The Hall–Kier alpha value is -1.35. The van der Waals surface area contributed by atoms with Crippen LogP contribution in [0.3, 0.4) is 0 Å². The van der Waals surface area contributed by atoms with Gasteiger partial charge in [0.25, 0.3) is 0 Å². The van der Waals surface area contributed by atoms with Crippen LogP contribution < -0.4 is 11.1 Å². The van der Waals surface area contributed by atoms with Gasteiger partial charge in [0.2, 0.25) is 5.91 Å². The number of hydrogen-bond acceptors (Lipinski definition) is 2. The fourth-order valence-corrected chi connectivity index (χ4v) is 3.31. The molecule has 1 aromatic rings. The van der Waals surface area contributed by atoms with Gasteiger partial charge in [-0.25, -0.2) is 0 Å². The van der Waals surface area contributed by atoms with Gasteiger partial charge in [0.05, 0.1) is 0 Å². The van der Waals surface area contributed by atoms with E-state index in [9.17, 15) is 4.79 Å². The molecule has 2 unspecified atom stereocenters. The second-order valence-corrected chi connectivity index (χ2v) is 5.52. The molecule has 2 atom stereocenters. The lowest BCUT2D eigenvalue weighted by Crippen LogP contribution is -2.26. The van der Waals surface area contributed by atoms with E-state index in [1.165, 1.54) is 19.3 Å². The van der Waals surface area contributed by atoms with Crippen molar-refractivity contribution < 1.29 is 4.79 Å². The summed E-state index contributed by atoms with van der Waals surface area (Å²) in [4.78, 5) is 12.0. The molecule has 96 valence electrons. The minimum Gasteiger partial charge on any atom is -0.352 e. The van der Waals surface area contributed by atoms with Crippen LogP contribution in [0.4, 0.5) is 0 Å². The van der Waals surface area contributed by atoms with Crippen molar-refractivity contribution in [1.82, 2.24) is 5.32 Å². The topological polar surface area (TPSA) is 55.1 Å². The van der Waals surface area contributed by atoms with Crippen LogP contribution >= 0.6 is 0 Å². The summed E-state index contributed by atoms with van der Waals surface area (Å²) < 4.78 is 0. The summed E-state index contributed by atoms with van der Waals surface area (Å²) >= 11 is 0. The third-order valence-corrected chi connectivity index (χ3v) is 4.43. The summed E-state index contributed by atoms with van der Waals surface area (Å²) in [7, 11) is 0. The third kappa shape index (κ3) is 2.15. The molecule has 3 N–H and O–H groups in total. The number of carbonyl (C=O) groups is 1. The van der Waals surface area contributed by atoms with E-state index >= 15 is 0 Å². The average Bonchev–Trinajstić information content (AvgIpc) is 2.90. The Labute approximate surface area is 108 Å². The molecule has 1 amide bonds. The number of fused-ring (bicyclic) bond motifs is 1. The van der Waals surface area contributed by atoms with Crippen LogP contribution in [0.15, 0.2) is 24.3 Å². The van der Waals surface area contributed by atoms with Crippen molar-refractivity contribution in [3.8, 4) is 0 Å². The van der Waals surface area contributed by atoms with Gasteiger partial charge in [-0.1, -0.05) is 30.7 Å². The van der Waals surface area contributed by atoms with E-state index in [0.29, 0.717) is 30.8 Å². The molecule has 18 heavy (non-hydrogen) atoms. The number of rotatable bonds is 4. The van der Waals surface area contributed by atoms with Crippen molar-refractivity contribution in [2.24, 2.45) is 23.5 Å². The first kappa shape index (κ1) is 11.7. The molecule has 3 heteroatoms. The number of nitrogens with one attached hydrogen (secondary N) is 1. The van der Waals surface area contributed by atoms with Gasteiger partial charge >= 0.3 is 0 Å². The maximum Gasteiger partial charge on any atom is 0.223 e. The smallest absolute Gasteiger partial charge is 0.223 e. The van der Waals surface area contributed by atoms with Gasteiger partial charge in [-0.15, -0.1) is 0 Å². The molecule has 0 heterocycles. The zero-order chi connectivity index (χ0) is 12.5. The Bertz CT molecular complexity index is 430. The summed E-state index contributed by atoms with van der Waals surface area (Å²) in [5, 5.41) is 3.06. The van der Waals surface area contributed by atoms with Crippen LogP contribution in [0.1, 0.15) is 30.4 Å². The highest BCUT2D eigenvalue weighted by Crippen LogP contribution is 2.57. The van der Waals surface area contributed by atoms with E-state index in [-0.39, 0.29) is 5.91 Å². The van der Waals surface area contributed by atoms with E-state index in [1.807, 2.05) is 24.3 Å². The standard InChI is InChI=1S/C15H20N2O/c16-8-10-4-6-11(7-5-10)9-17-15(18)14-12-2-1-3-13(12)14/h4-7,12-14H,1-3,8-9,16H2,(H,17,18). The predicted molar refractivity (Wildman–Crippen MR) is 70.5 cm³/mol. The van der Waals surface area contributed by atoms with Crippen LogP contribution in [0, 0.1) is 17.8 Å². The molecular weight excluding hydrogens is 224 g/mol. The molecule has 1 aromatic carbocycles. The normalized spacial score (nSPS) is 28.8. The zero-order valence-electron chi connectivity index (χ0n) is 10.6. The van der Waals surface area contributed by atoms with Crippen molar-refractivity contribution in [2.45, 2.75) is 32.4 Å². The summed E-state index contributed by atoms with van der Waals surface area (Å²) in [5.74, 6) is 1.98. The molecule has 0 radical (unpaired) electrons. The van der Waals surface area contributed by atoms with Gasteiger partial charge in [0.1, 0.15) is 0 Å². The highest BCUT2D eigenvalue weighted by molar-refractivity contribution is 5.82. The highest BCUT2D eigenvalue weighted by atomic mass is 16.2. The molecule has 2 fully saturated rings. The van der Waals surface area contributed by atoms with E-state index in [2.05, 4.69) is 5.32 Å². The number of benzene rings is 1. The Balaban J connectivity index is 1.50. The lowest BCUT2D eigenvalue weighted by molar-refractivity contribution is -0.123. The van der Waals surface area contributed by atoms with E-state index in [0.717, 1.165) is 11.1 Å². The van der Waals surface area contributed by atoms with Gasteiger partial charge in [-0.3, -0.25) is 4.79 Å². The van der Waals surface area contributed by atoms with Gasteiger partial charge in [0, 0.05) is 19.0 Å². The Morgan fingerprint density at radius 3 is 2.39 bits per heavy atom. The number of carbonyl (C=O) groups excluding carboxylic acids is 1. The van der Waals surface area contributed by atoms with Crippen molar-refractivity contribution >= 4 is 5.91 Å². The van der Waals surface area contributed by atoms with Gasteiger partial charge in [0.15, 0.2) is 0 Å².